The molecule has 6 nitrogen and oxygen atoms in total. The van der Waals surface area contributed by atoms with Gasteiger partial charge in [0.1, 0.15) is 0 Å². The van der Waals surface area contributed by atoms with Crippen molar-refractivity contribution in [3.63, 3.8) is 0 Å². The van der Waals surface area contributed by atoms with Crippen molar-refractivity contribution in [3.8, 4) is 0 Å². The maximum absolute atomic E-state index is 11.2. The topological polar surface area (TPSA) is 83.5 Å². The number of hydrogen-bond acceptors (Lipinski definition) is 3. The van der Waals surface area contributed by atoms with Gasteiger partial charge in [0.05, 0.1) is 6.33 Å². The Morgan fingerprint density at radius 1 is 1.50 bits per heavy atom. The molecule has 2 N–H and O–H groups in total. The molecule has 2 aromatic rings. The average molecular weight is 166 g/mol. The van der Waals surface area contributed by atoms with Crippen molar-refractivity contribution in [3.05, 3.63) is 27.0 Å². The molecule has 2 heterocycles. The molecule has 0 spiro atoms. The standard InChI is InChI=1S/C6H6N4O2/c1-10-6(12)4-3(9-10)5(11)8-2-7-4/h2,9H,1H3,(H,7,8,11). The maximum atomic E-state index is 11.2. The molecular formula is C6H6N4O2. The molecule has 0 radical (unpaired) electrons. The average Bonchev–Trinajstić information content (AvgIpc) is 2.32. The van der Waals surface area contributed by atoms with Gasteiger partial charge in [-0.1, -0.05) is 0 Å². The summed E-state index contributed by atoms with van der Waals surface area (Å²) in [6.07, 6.45) is 1.21. The number of fused-ring (bicyclic) bond motifs is 1. The lowest BCUT2D eigenvalue weighted by atomic mass is 10.5. The van der Waals surface area contributed by atoms with Gasteiger partial charge in [0, 0.05) is 7.05 Å². The van der Waals surface area contributed by atoms with E-state index >= 15 is 0 Å². The molecule has 2 aromatic heterocycles. The smallest absolute Gasteiger partial charge is 0.293 e. The fraction of sp³-hybridized carbons (Fsp3) is 0.167. The fourth-order valence-corrected chi connectivity index (χ4v) is 1.04. The van der Waals surface area contributed by atoms with Crippen LogP contribution < -0.4 is 11.1 Å². The summed E-state index contributed by atoms with van der Waals surface area (Å²) >= 11 is 0. The van der Waals surface area contributed by atoms with Crippen LogP contribution in [0, 0.1) is 0 Å². The van der Waals surface area contributed by atoms with Gasteiger partial charge in [-0.2, -0.15) is 0 Å². The summed E-state index contributed by atoms with van der Waals surface area (Å²) in [7, 11) is 1.53. The van der Waals surface area contributed by atoms with Gasteiger partial charge in [0.2, 0.25) is 0 Å². The molecule has 0 unspecified atom stereocenters. The van der Waals surface area contributed by atoms with E-state index in [4.69, 9.17) is 0 Å². The van der Waals surface area contributed by atoms with E-state index in [9.17, 15) is 9.59 Å². The first-order chi connectivity index (χ1) is 5.70. The number of aromatic amines is 2. The molecule has 0 aliphatic carbocycles. The first-order valence-corrected chi connectivity index (χ1v) is 3.32. The van der Waals surface area contributed by atoms with Crippen molar-refractivity contribution in [2.75, 3.05) is 0 Å². The minimum Gasteiger partial charge on any atom is -0.311 e. The highest BCUT2D eigenvalue weighted by Gasteiger charge is 2.06. The highest BCUT2D eigenvalue weighted by Crippen LogP contribution is 1.92. The van der Waals surface area contributed by atoms with Crippen molar-refractivity contribution in [2.24, 2.45) is 7.05 Å². The second-order valence-corrected chi connectivity index (χ2v) is 2.43. The van der Waals surface area contributed by atoms with Crippen LogP contribution >= 0.6 is 0 Å². The summed E-state index contributed by atoms with van der Waals surface area (Å²) in [5.74, 6) is 0. The van der Waals surface area contributed by atoms with Crippen LogP contribution in [-0.2, 0) is 7.05 Å². The van der Waals surface area contributed by atoms with Crippen LogP contribution in [0.2, 0.25) is 0 Å². The fourth-order valence-electron chi connectivity index (χ4n) is 1.04. The van der Waals surface area contributed by atoms with Gasteiger partial charge in [-0.05, 0) is 0 Å². The van der Waals surface area contributed by atoms with Gasteiger partial charge in [0.15, 0.2) is 11.0 Å². The Kier molecular flexibility index (Phi) is 1.18. The van der Waals surface area contributed by atoms with Gasteiger partial charge in [0.25, 0.3) is 11.1 Å². The van der Waals surface area contributed by atoms with E-state index in [1.165, 1.54) is 18.1 Å². The predicted molar refractivity (Wildman–Crippen MR) is 42.0 cm³/mol. The zero-order valence-corrected chi connectivity index (χ0v) is 6.29. The zero-order chi connectivity index (χ0) is 8.72. The number of rotatable bonds is 0. The molecule has 0 bridgehead atoms. The summed E-state index contributed by atoms with van der Waals surface area (Å²) in [5, 5.41) is 2.59. The minimum absolute atomic E-state index is 0.168. The normalized spacial score (nSPS) is 10.8. The van der Waals surface area contributed by atoms with Gasteiger partial charge < -0.3 is 4.98 Å². The van der Waals surface area contributed by atoms with Crippen molar-refractivity contribution in [1.29, 1.82) is 0 Å². The van der Waals surface area contributed by atoms with Crippen LogP contribution in [-0.4, -0.2) is 19.7 Å². The van der Waals surface area contributed by atoms with Gasteiger partial charge in [-0.15, -0.1) is 0 Å². The molecule has 0 aliphatic heterocycles. The zero-order valence-electron chi connectivity index (χ0n) is 6.29. The van der Waals surface area contributed by atoms with Gasteiger partial charge >= 0.3 is 0 Å². The monoisotopic (exact) mass is 166 g/mol. The molecule has 0 fully saturated rings. The maximum Gasteiger partial charge on any atom is 0.293 e. The van der Waals surface area contributed by atoms with E-state index in [0.717, 1.165) is 0 Å². The summed E-state index contributed by atoms with van der Waals surface area (Å²) in [4.78, 5) is 28.4. The van der Waals surface area contributed by atoms with Crippen LogP contribution in [0.5, 0.6) is 0 Å². The summed E-state index contributed by atoms with van der Waals surface area (Å²) in [6.45, 7) is 0. The molecule has 0 aliphatic rings. The van der Waals surface area contributed by atoms with Crippen LogP contribution in [0.4, 0.5) is 0 Å². The van der Waals surface area contributed by atoms with Crippen molar-refractivity contribution in [1.82, 2.24) is 19.7 Å². The van der Waals surface area contributed by atoms with E-state index in [-0.39, 0.29) is 22.2 Å². The second-order valence-electron chi connectivity index (χ2n) is 2.43. The first kappa shape index (κ1) is 6.84. The Labute approximate surface area is 65.8 Å². The third kappa shape index (κ3) is 0.714. The summed E-state index contributed by atoms with van der Waals surface area (Å²) in [6, 6.07) is 0. The van der Waals surface area contributed by atoms with Crippen molar-refractivity contribution < 1.29 is 0 Å². The molecule has 0 saturated carbocycles. The van der Waals surface area contributed by atoms with E-state index in [1.54, 1.807) is 0 Å². The number of aromatic nitrogens is 4. The first-order valence-electron chi connectivity index (χ1n) is 3.32. The Hall–Kier alpha value is -1.85. The third-order valence-corrected chi connectivity index (χ3v) is 1.64. The van der Waals surface area contributed by atoms with Gasteiger partial charge in [-0.25, -0.2) is 4.98 Å². The molecule has 12 heavy (non-hydrogen) atoms. The van der Waals surface area contributed by atoms with Crippen LogP contribution in [0.1, 0.15) is 0 Å². The Morgan fingerprint density at radius 2 is 2.25 bits per heavy atom. The number of H-pyrrole nitrogens is 2. The summed E-state index contributed by atoms with van der Waals surface area (Å²) in [5.41, 5.74) is -0.250. The number of nitrogens with one attached hydrogen (secondary N) is 2. The molecule has 6 heteroatoms. The molecule has 0 amide bonds. The van der Waals surface area contributed by atoms with Crippen LogP contribution in [0.25, 0.3) is 11.0 Å². The number of aryl methyl sites for hydroxylation is 1. The highest BCUT2D eigenvalue weighted by atomic mass is 16.1. The molecular weight excluding hydrogens is 160 g/mol. The number of hydrogen-bond donors (Lipinski definition) is 2. The Balaban J connectivity index is 3.16. The molecule has 62 valence electrons. The van der Waals surface area contributed by atoms with Gasteiger partial charge in [-0.3, -0.25) is 19.4 Å². The molecule has 0 saturated heterocycles. The van der Waals surface area contributed by atoms with E-state index in [0.29, 0.717) is 0 Å². The quantitative estimate of drug-likeness (QED) is 0.523. The number of nitrogens with zero attached hydrogens (tertiary/aromatic N) is 2. The van der Waals surface area contributed by atoms with Crippen molar-refractivity contribution >= 4 is 11.0 Å². The summed E-state index contributed by atoms with van der Waals surface area (Å²) < 4.78 is 1.22. The SMILES string of the molecule is Cn1[nH]c2c(=O)[nH]cnc2c1=O. The van der Waals surface area contributed by atoms with Crippen LogP contribution in [0.15, 0.2) is 15.9 Å². The second kappa shape index (κ2) is 2.07. The lowest BCUT2D eigenvalue weighted by Crippen LogP contribution is -2.12. The lowest BCUT2D eigenvalue weighted by Gasteiger charge is -1.82. The van der Waals surface area contributed by atoms with E-state index in [2.05, 4.69) is 15.1 Å². The predicted octanol–water partition coefficient (Wildman–Crippen LogP) is -1.05. The molecule has 2 rings (SSSR count). The molecule has 0 atom stereocenters. The largest absolute Gasteiger partial charge is 0.311 e. The van der Waals surface area contributed by atoms with E-state index < -0.39 is 0 Å². The Bertz CT molecular complexity index is 532. The molecule has 0 aromatic carbocycles. The van der Waals surface area contributed by atoms with Crippen molar-refractivity contribution in [2.45, 2.75) is 0 Å². The lowest BCUT2D eigenvalue weighted by molar-refractivity contribution is 0.749. The highest BCUT2D eigenvalue weighted by molar-refractivity contribution is 5.71. The van der Waals surface area contributed by atoms with E-state index in [1.807, 2.05) is 0 Å². The van der Waals surface area contributed by atoms with Crippen LogP contribution in [0.3, 0.4) is 0 Å². The Morgan fingerprint density at radius 3 is 2.92 bits per heavy atom. The minimum atomic E-state index is -0.335. The third-order valence-electron chi connectivity index (χ3n) is 1.64.